The van der Waals surface area contributed by atoms with E-state index in [-0.39, 0.29) is 53.0 Å². The predicted octanol–water partition coefficient (Wildman–Crippen LogP) is 13.0. The molecular weight excluding hydrogens is 1120 g/mol. The minimum Gasteiger partial charge on any atom is -0.308 e. The minimum absolute atomic E-state index is 0.0366. The van der Waals surface area contributed by atoms with Crippen LogP contribution in [0.25, 0.3) is 0 Å². The van der Waals surface area contributed by atoms with Crippen molar-refractivity contribution >= 4 is 104 Å². The molecule has 6 N–H and O–H groups in total. The Hall–Kier alpha value is -7.03. The Morgan fingerprint density at radius 2 is 0.692 bits per heavy atom. The number of nitrogens with one attached hydrogen (secondary N) is 6. The first-order valence-corrected chi connectivity index (χ1v) is 27.5. The van der Waals surface area contributed by atoms with Crippen LogP contribution in [0.3, 0.4) is 0 Å². The Balaban J connectivity index is 0.000000170. The van der Waals surface area contributed by atoms with Crippen molar-refractivity contribution in [2.24, 2.45) is 17.8 Å². The van der Waals surface area contributed by atoms with E-state index in [0.717, 1.165) is 87.1 Å². The summed E-state index contributed by atoms with van der Waals surface area (Å²) in [6.07, 6.45) is 5.25. The number of carbonyl (C=O) groups excluding carboxylic acids is 6. The van der Waals surface area contributed by atoms with E-state index in [1.54, 1.807) is 84.9 Å². The molecule has 6 aromatic rings. The molecule has 3 saturated heterocycles. The first-order chi connectivity index (χ1) is 37.5. The summed E-state index contributed by atoms with van der Waals surface area (Å²) in [6.45, 7) is 5.63. The van der Waals surface area contributed by atoms with Crippen LogP contribution in [-0.4, -0.2) is 111 Å². The van der Waals surface area contributed by atoms with Gasteiger partial charge in [0.05, 0.1) is 0 Å². The van der Waals surface area contributed by atoms with Gasteiger partial charge in [0.25, 0.3) is 0 Å². The van der Waals surface area contributed by atoms with E-state index in [2.05, 4.69) is 90.3 Å². The summed E-state index contributed by atoms with van der Waals surface area (Å²) in [7, 11) is 6.21. The highest BCUT2D eigenvalue weighted by molar-refractivity contribution is 14.1. The van der Waals surface area contributed by atoms with Crippen LogP contribution in [-0.2, 0) is 0 Å². The number of amides is 6. The van der Waals surface area contributed by atoms with Gasteiger partial charge in [-0.3, -0.25) is 14.4 Å². The Labute approximate surface area is 474 Å². The molecular formula is C60H66ClFIN9O6. The fourth-order valence-corrected chi connectivity index (χ4v) is 9.83. The first kappa shape index (κ1) is 58.6. The number of anilines is 6. The van der Waals surface area contributed by atoms with Gasteiger partial charge in [0, 0.05) is 77.2 Å². The van der Waals surface area contributed by atoms with Gasteiger partial charge in [0.15, 0.2) is 17.3 Å². The normalized spacial score (nSPS) is 15.5. The number of likely N-dealkylation sites (tertiary alicyclic amines) is 3. The minimum atomic E-state index is -0.444. The molecule has 0 saturated carbocycles. The number of carbonyl (C=O) groups is 6. The number of ketones is 3. The lowest BCUT2D eigenvalue weighted by Gasteiger charge is -2.28. The van der Waals surface area contributed by atoms with E-state index in [1.165, 1.54) is 24.3 Å². The van der Waals surface area contributed by atoms with Crippen molar-refractivity contribution in [2.75, 3.05) is 92.3 Å². The highest BCUT2D eigenvalue weighted by atomic mass is 127. The molecule has 3 fully saturated rings. The number of rotatable bonds is 12. The van der Waals surface area contributed by atoms with E-state index in [9.17, 15) is 33.2 Å². The zero-order chi connectivity index (χ0) is 55.6. The molecule has 3 aliphatic rings. The van der Waals surface area contributed by atoms with Crippen LogP contribution in [0.1, 0.15) is 69.6 Å². The number of hydrogen-bond donors (Lipinski definition) is 6. The summed E-state index contributed by atoms with van der Waals surface area (Å²) in [5, 5.41) is 17.0. The monoisotopic (exact) mass is 1190 g/mol. The van der Waals surface area contributed by atoms with Crippen LogP contribution in [0.4, 0.5) is 52.9 Å². The molecule has 0 bridgehead atoms. The molecule has 408 valence electrons. The second kappa shape index (κ2) is 29.1. The maximum Gasteiger partial charge on any atom is 0.323 e. The zero-order valence-electron chi connectivity index (χ0n) is 44.0. The molecule has 0 aromatic heterocycles. The third-order valence-corrected chi connectivity index (χ3v) is 14.7. The number of urea groups is 3. The summed E-state index contributed by atoms with van der Waals surface area (Å²) in [4.78, 5) is 81.2. The molecule has 0 spiro atoms. The zero-order valence-corrected chi connectivity index (χ0v) is 46.9. The molecule has 9 rings (SSSR count). The number of halogens is 3. The van der Waals surface area contributed by atoms with Crippen molar-refractivity contribution in [1.29, 1.82) is 0 Å². The summed E-state index contributed by atoms with van der Waals surface area (Å²) in [6, 6.07) is 40.1. The maximum absolute atomic E-state index is 12.9. The molecule has 15 nitrogen and oxygen atoms in total. The topological polar surface area (TPSA) is 184 Å². The third kappa shape index (κ3) is 18.6. The summed E-state index contributed by atoms with van der Waals surface area (Å²) < 4.78 is 14.0. The Morgan fingerprint density at radius 1 is 0.410 bits per heavy atom. The molecule has 3 aliphatic heterocycles. The van der Waals surface area contributed by atoms with E-state index in [1.807, 2.05) is 36.4 Å². The van der Waals surface area contributed by atoms with E-state index in [4.69, 9.17) is 11.6 Å². The van der Waals surface area contributed by atoms with Gasteiger partial charge in [-0.15, -0.1) is 0 Å². The van der Waals surface area contributed by atoms with E-state index < -0.39 is 6.03 Å². The van der Waals surface area contributed by atoms with Gasteiger partial charge in [0.2, 0.25) is 0 Å². The quantitative estimate of drug-likeness (QED) is 0.0513. The van der Waals surface area contributed by atoms with Crippen LogP contribution in [0.5, 0.6) is 0 Å². The molecule has 0 radical (unpaired) electrons. The Morgan fingerprint density at radius 3 is 1.01 bits per heavy atom. The average Bonchev–Trinajstić information content (AvgIpc) is 3.43. The number of Topliss-reactive ketones (excluding diaryl/α,β-unsaturated/α-hetero) is 3. The Bertz CT molecular complexity index is 2880. The molecule has 6 aromatic carbocycles. The fraction of sp³-hybridized carbons (Fsp3) is 0.300. The van der Waals surface area contributed by atoms with Crippen LogP contribution in [0.15, 0.2) is 146 Å². The number of piperidine rings is 3. The van der Waals surface area contributed by atoms with Crippen molar-refractivity contribution in [3.63, 3.8) is 0 Å². The fourth-order valence-electron chi connectivity index (χ4n) is 9.28. The lowest BCUT2D eigenvalue weighted by molar-refractivity contribution is 0.0850. The highest BCUT2D eigenvalue weighted by Crippen LogP contribution is 2.26. The SMILES string of the molecule is CN1CCC(C(=O)c2cccc(NC(=O)Nc3ccc(F)cc3)c2)CC1.CN1CCC(C(=O)c2cccc(NC(=O)Nc3ccc(I)cc3)c2)CC1.CN1CCC(C(=O)c2cccc(NC(=O)Nc3cccc(Cl)c3)c2)CC1. The van der Waals surface area contributed by atoms with Crippen molar-refractivity contribution in [2.45, 2.75) is 38.5 Å². The van der Waals surface area contributed by atoms with Gasteiger partial charge in [-0.1, -0.05) is 54.1 Å². The van der Waals surface area contributed by atoms with Gasteiger partial charge < -0.3 is 46.6 Å². The largest absolute Gasteiger partial charge is 0.323 e. The average molecular weight is 1190 g/mol. The second-order valence-electron chi connectivity index (χ2n) is 19.8. The molecule has 3 heterocycles. The van der Waals surface area contributed by atoms with Crippen molar-refractivity contribution < 1.29 is 33.2 Å². The number of benzene rings is 6. The number of hydrogen-bond acceptors (Lipinski definition) is 9. The summed E-state index contributed by atoms with van der Waals surface area (Å²) in [5.41, 5.74) is 5.47. The van der Waals surface area contributed by atoms with Crippen LogP contribution < -0.4 is 31.9 Å². The third-order valence-electron chi connectivity index (χ3n) is 13.8. The van der Waals surface area contributed by atoms with Crippen molar-refractivity contribution in [3.05, 3.63) is 177 Å². The van der Waals surface area contributed by atoms with Crippen molar-refractivity contribution in [1.82, 2.24) is 14.7 Å². The smallest absolute Gasteiger partial charge is 0.308 e. The van der Waals surface area contributed by atoms with E-state index >= 15 is 0 Å². The molecule has 18 heteroatoms. The standard InChI is InChI=1S/C20H22ClN3O2.C20H22FN3O2.C20H22IN3O2/c1-24-10-8-14(9-11-24)19(25)15-4-2-6-17(12-15)22-20(26)23-18-7-3-5-16(21)13-18;2*1-24-11-9-14(10-12-24)19(25)15-3-2-4-18(13-15)23-20(26)22-17-7-5-16(21)6-8-17/h2-7,12-14H,8-11H2,1H3,(H2,22,23,26);2*2-8,13-14H,9-12H2,1H3,(H2,22,23,26). The van der Waals surface area contributed by atoms with Crippen LogP contribution in [0.2, 0.25) is 5.02 Å². The summed E-state index contributed by atoms with van der Waals surface area (Å²) >= 11 is 8.13. The molecule has 0 aliphatic carbocycles. The Kier molecular flexibility index (Phi) is 21.9. The van der Waals surface area contributed by atoms with Crippen LogP contribution >= 0.6 is 34.2 Å². The maximum atomic E-state index is 12.9. The van der Waals surface area contributed by atoms with Gasteiger partial charge in [-0.05, 0) is 225 Å². The van der Waals surface area contributed by atoms with Gasteiger partial charge >= 0.3 is 18.1 Å². The van der Waals surface area contributed by atoms with Gasteiger partial charge in [-0.2, -0.15) is 0 Å². The lowest BCUT2D eigenvalue weighted by atomic mass is 9.89. The molecule has 6 amide bonds. The molecule has 0 atom stereocenters. The second-order valence-corrected chi connectivity index (χ2v) is 21.5. The predicted molar refractivity (Wildman–Crippen MR) is 318 cm³/mol. The first-order valence-electron chi connectivity index (χ1n) is 26.0. The highest BCUT2D eigenvalue weighted by Gasteiger charge is 2.27. The van der Waals surface area contributed by atoms with Crippen molar-refractivity contribution in [3.8, 4) is 0 Å². The van der Waals surface area contributed by atoms with Crippen LogP contribution in [0, 0.1) is 27.1 Å². The summed E-state index contributed by atoms with van der Waals surface area (Å²) in [5.74, 6) is 0.242. The van der Waals surface area contributed by atoms with E-state index in [0.29, 0.717) is 50.1 Å². The van der Waals surface area contributed by atoms with Gasteiger partial charge in [-0.25, -0.2) is 18.8 Å². The molecule has 78 heavy (non-hydrogen) atoms. The lowest BCUT2D eigenvalue weighted by Crippen LogP contribution is -2.33. The molecule has 0 unspecified atom stereocenters. The van der Waals surface area contributed by atoms with Gasteiger partial charge in [0.1, 0.15) is 5.82 Å². The number of nitrogens with zero attached hydrogens (tertiary/aromatic N) is 3.